The van der Waals surface area contributed by atoms with Crippen molar-refractivity contribution in [2.45, 2.75) is 44.2 Å². The smallest absolute Gasteiger partial charge is 0.258 e. The highest BCUT2D eigenvalue weighted by Gasteiger charge is 2.38. The molecule has 2 fully saturated rings. The first-order valence-corrected chi connectivity index (χ1v) is 13.6. The third-order valence-corrected chi connectivity index (χ3v) is 8.15. The number of carbonyl (C=O) groups is 1. The summed E-state index contributed by atoms with van der Waals surface area (Å²) >= 11 is 12.5. The van der Waals surface area contributed by atoms with Crippen molar-refractivity contribution in [3.05, 3.63) is 81.3 Å². The highest BCUT2D eigenvalue weighted by Crippen LogP contribution is 2.37. The molecular weight excluding hydrogens is 528 g/mol. The van der Waals surface area contributed by atoms with E-state index in [9.17, 15) is 9.18 Å². The van der Waals surface area contributed by atoms with Crippen LogP contribution in [-0.2, 0) is 0 Å². The molecule has 0 spiro atoms. The lowest BCUT2D eigenvalue weighted by molar-refractivity contribution is 0.0587. The number of piperidine rings is 1. The number of likely N-dealkylation sites (tertiary alicyclic amines) is 2. The third-order valence-electron chi connectivity index (χ3n) is 7.43. The molecule has 2 aliphatic rings. The van der Waals surface area contributed by atoms with Crippen LogP contribution in [-0.4, -0.2) is 57.9 Å². The Labute approximate surface area is 231 Å². The van der Waals surface area contributed by atoms with E-state index in [0.29, 0.717) is 29.9 Å². The monoisotopic (exact) mass is 557 g/mol. The molecule has 1 amide bonds. The minimum Gasteiger partial charge on any atom is -0.467 e. The van der Waals surface area contributed by atoms with E-state index in [0.717, 1.165) is 32.4 Å². The number of amides is 1. The van der Waals surface area contributed by atoms with Crippen LogP contribution in [0.25, 0.3) is 0 Å². The van der Waals surface area contributed by atoms with Crippen LogP contribution in [0, 0.1) is 5.82 Å². The average molecular weight is 558 g/mol. The molecule has 38 heavy (non-hydrogen) atoms. The van der Waals surface area contributed by atoms with Crippen molar-refractivity contribution in [2.24, 2.45) is 0 Å². The van der Waals surface area contributed by atoms with Gasteiger partial charge in [0, 0.05) is 41.2 Å². The summed E-state index contributed by atoms with van der Waals surface area (Å²) in [7, 11) is 0. The SMILES string of the molecule is CC(Oc1nc(C2CN(C(=O)c3ccccc3)CCC2N2CCCC2)cnc1N)c1c(Cl)ccc(F)c1Cl. The molecule has 0 aliphatic carbocycles. The molecule has 7 nitrogen and oxygen atoms in total. The van der Waals surface area contributed by atoms with Crippen molar-refractivity contribution >= 4 is 34.9 Å². The van der Waals surface area contributed by atoms with Gasteiger partial charge in [0.05, 0.1) is 16.9 Å². The van der Waals surface area contributed by atoms with Crippen LogP contribution >= 0.6 is 23.2 Å². The summed E-state index contributed by atoms with van der Waals surface area (Å²) in [5.74, 6) is -0.442. The van der Waals surface area contributed by atoms with Gasteiger partial charge < -0.3 is 15.4 Å². The molecule has 2 aliphatic heterocycles. The maximum Gasteiger partial charge on any atom is 0.258 e. The van der Waals surface area contributed by atoms with Crippen molar-refractivity contribution in [1.29, 1.82) is 0 Å². The summed E-state index contributed by atoms with van der Waals surface area (Å²) in [6.45, 7) is 4.92. The molecule has 2 saturated heterocycles. The Bertz CT molecular complexity index is 1310. The van der Waals surface area contributed by atoms with Gasteiger partial charge in [-0.2, -0.15) is 0 Å². The molecule has 200 valence electrons. The average Bonchev–Trinajstić information content (AvgIpc) is 3.47. The minimum absolute atomic E-state index is 0.000593. The van der Waals surface area contributed by atoms with Crippen LogP contribution < -0.4 is 10.5 Å². The number of nitrogens with zero attached hydrogens (tertiary/aromatic N) is 4. The van der Waals surface area contributed by atoms with Gasteiger partial charge >= 0.3 is 0 Å². The zero-order valence-corrected chi connectivity index (χ0v) is 22.6. The Morgan fingerprint density at radius 1 is 1.13 bits per heavy atom. The quantitative estimate of drug-likeness (QED) is 0.389. The van der Waals surface area contributed by atoms with Gasteiger partial charge in [-0.3, -0.25) is 9.69 Å². The molecule has 3 unspecified atom stereocenters. The Hall–Kier alpha value is -2.94. The first kappa shape index (κ1) is 26.7. The van der Waals surface area contributed by atoms with E-state index in [-0.39, 0.29) is 39.6 Å². The van der Waals surface area contributed by atoms with Crippen molar-refractivity contribution in [3.8, 4) is 5.88 Å². The summed E-state index contributed by atoms with van der Waals surface area (Å²) < 4.78 is 20.2. The summed E-state index contributed by atoms with van der Waals surface area (Å²) in [4.78, 5) is 26.8. The Morgan fingerprint density at radius 2 is 1.87 bits per heavy atom. The Kier molecular flexibility index (Phi) is 8.02. The lowest BCUT2D eigenvalue weighted by Gasteiger charge is -2.42. The number of hydrogen-bond acceptors (Lipinski definition) is 6. The van der Waals surface area contributed by atoms with E-state index in [1.807, 2.05) is 35.2 Å². The number of carbonyl (C=O) groups excluding carboxylic acids is 1. The predicted molar refractivity (Wildman–Crippen MR) is 146 cm³/mol. The third kappa shape index (κ3) is 5.44. The molecule has 0 bridgehead atoms. The second-order valence-electron chi connectivity index (χ2n) is 9.82. The van der Waals surface area contributed by atoms with Crippen LogP contribution in [0.15, 0.2) is 48.7 Å². The number of nitrogen functional groups attached to an aromatic ring is 1. The van der Waals surface area contributed by atoms with Crippen LogP contribution in [0.3, 0.4) is 0 Å². The number of rotatable bonds is 6. The van der Waals surface area contributed by atoms with Gasteiger partial charge in [0.15, 0.2) is 5.82 Å². The Balaban J connectivity index is 1.44. The standard InChI is InChI=1S/C28H30Cl2FN5O2/c1-17(24-20(29)9-10-21(31)25(24)30)38-27-26(32)33-15-22(34-27)19-16-36(28(37)18-7-3-2-4-8-18)14-11-23(19)35-12-5-6-13-35/h2-4,7-10,15,17,19,23H,5-6,11-14,16H2,1H3,(H2,32,33). The fraction of sp³-hybridized carbons (Fsp3) is 0.393. The first-order chi connectivity index (χ1) is 18.3. The van der Waals surface area contributed by atoms with Crippen LogP contribution in [0.1, 0.15) is 59.8 Å². The molecule has 3 atom stereocenters. The largest absolute Gasteiger partial charge is 0.467 e. The van der Waals surface area contributed by atoms with Gasteiger partial charge in [-0.1, -0.05) is 41.4 Å². The molecule has 2 N–H and O–H groups in total. The number of halogens is 3. The number of hydrogen-bond donors (Lipinski definition) is 1. The molecule has 2 aromatic carbocycles. The zero-order chi connectivity index (χ0) is 26.8. The van der Waals surface area contributed by atoms with Gasteiger partial charge in [-0.05, 0) is 63.5 Å². The van der Waals surface area contributed by atoms with E-state index < -0.39 is 11.9 Å². The van der Waals surface area contributed by atoms with Crippen molar-refractivity contribution in [1.82, 2.24) is 19.8 Å². The molecule has 0 saturated carbocycles. The number of anilines is 1. The maximum atomic E-state index is 14.1. The molecular formula is C28H30Cl2FN5O2. The predicted octanol–water partition coefficient (Wildman–Crippen LogP) is 5.74. The Morgan fingerprint density at radius 3 is 2.61 bits per heavy atom. The molecule has 1 aromatic heterocycles. The van der Waals surface area contributed by atoms with E-state index in [2.05, 4.69) is 9.88 Å². The molecule has 3 heterocycles. The van der Waals surface area contributed by atoms with E-state index in [4.69, 9.17) is 38.7 Å². The number of ether oxygens (including phenoxy) is 1. The highest BCUT2D eigenvalue weighted by molar-refractivity contribution is 6.36. The van der Waals surface area contributed by atoms with Crippen molar-refractivity contribution < 1.29 is 13.9 Å². The van der Waals surface area contributed by atoms with Gasteiger partial charge in [0.25, 0.3) is 11.8 Å². The van der Waals surface area contributed by atoms with Gasteiger partial charge in [-0.25, -0.2) is 14.4 Å². The van der Waals surface area contributed by atoms with Crippen LogP contribution in [0.5, 0.6) is 5.88 Å². The van der Waals surface area contributed by atoms with Gasteiger partial charge in [0.2, 0.25) is 0 Å². The number of benzene rings is 2. The molecule has 5 rings (SSSR count). The summed E-state index contributed by atoms with van der Waals surface area (Å²) in [5.41, 5.74) is 7.82. The topological polar surface area (TPSA) is 84.6 Å². The number of nitrogens with two attached hydrogens (primary N) is 1. The van der Waals surface area contributed by atoms with E-state index in [1.165, 1.54) is 12.1 Å². The van der Waals surface area contributed by atoms with Crippen molar-refractivity contribution in [3.63, 3.8) is 0 Å². The van der Waals surface area contributed by atoms with Gasteiger partial charge in [0.1, 0.15) is 11.9 Å². The fourth-order valence-corrected chi connectivity index (χ4v) is 6.17. The maximum absolute atomic E-state index is 14.1. The molecule has 10 heteroatoms. The van der Waals surface area contributed by atoms with E-state index in [1.54, 1.807) is 13.1 Å². The number of aromatic nitrogens is 2. The van der Waals surface area contributed by atoms with Crippen LogP contribution in [0.2, 0.25) is 10.0 Å². The second kappa shape index (κ2) is 11.4. The fourth-order valence-electron chi connectivity index (χ4n) is 5.49. The summed E-state index contributed by atoms with van der Waals surface area (Å²) in [6, 6.07) is 12.2. The first-order valence-electron chi connectivity index (χ1n) is 12.8. The summed E-state index contributed by atoms with van der Waals surface area (Å²) in [6.07, 6.45) is 4.08. The normalized spacial score (nSPS) is 20.9. The van der Waals surface area contributed by atoms with Gasteiger partial charge in [-0.15, -0.1) is 0 Å². The lowest BCUT2D eigenvalue weighted by Crippen LogP contribution is -2.51. The van der Waals surface area contributed by atoms with Crippen LogP contribution in [0.4, 0.5) is 10.2 Å². The van der Waals surface area contributed by atoms with E-state index >= 15 is 0 Å². The van der Waals surface area contributed by atoms with Crippen molar-refractivity contribution in [2.75, 3.05) is 31.9 Å². The molecule has 3 aromatic rings. The lowest BCUT2D eigenvalue weighted by atomic mass is 9.88. The second-order valence-corrected chi connectivity index (χ2v) is 10.6. The zero-order valence-electron chi connectivity index (χ0n) is 21.1. The molecule has 0 radical (unpaired) electrons. The minimum atomic E-state index is -0.727. The highest BCUT2D eigenvalue weighted by atomic mass is 35.5. The summed E-state index contributed by atoms with van der Waals surface area (Å²) in [5, 5.41) is 0.173.